The van der Waals surface area contributed by atoms with Crippen LogP contribution in [-0.2, 0) is 11.4 Å². The van der Waals surface area contributed by atoms with Gasteiger partial charge in [-0.25, -0.2) is 4.98 Å². The topological polar surface area (TPSA) is 89.8 Å². The molecule has 132 valence electrons. The lowest BCUT2D eigenvalue weighted by Crippen LogP contribution is -2.16. The van der Waals surface area contributed by atoms with Gasteiger partial charge in [-0.05, 0) is 37.3 Å². The van der Waals surface area contributed by atoms with Crippen LogP contribution in [0.4, 0.5) is 5.69 Å². The van der Waals surface area contributed by atoms with Gasteiger partial charge >= 0.3 is 0 Å². The minimum Gasteiger partial charge on any atom is -0.485 e. The Kier molecular flexibility index (Phi) is 4.79. The summed E-state index contributed by atoms with van der Waals surface area (Å²) < 4.78 is 7.17. The number of Topliss-reactive ketones (excluding diaryl/α,β-unsaturated/α-hetero) is 1. The summed E-state index contributed by atoms with van der Waals surface area (Å²) in [6.45, 7) is 2.85. The number of ether oxygens (including phenoxy) is 1. The van der Waals surface area contributed by atoms with E-state index in [0.29, 0.717) is 28.3 Å². The Hall–Kier alpha value is -3.48. The van der Waals surface area contributed by atoms with E-state index in [1.807, 2.05) is 0 Å². The zero-order chi connectivity index (χ0) is 18.7. The molecule has 7 heteroatoms. The number of pyridine rings is 1. The number of rotatable bonds is 5. The van der Waals surface area contributed by atoms with Crippen molar-refractivity contribution in [2.45, 2.75) is 20.5 Å². The maximum Gasteiger partial charge on any atom is 0.258 e. The van der Waals surface area contributed by atoms with Crippen LogP contribution in [0.1, 0.15) is 29.9 Å². The van der Waals surface area contributed by atoms with Crippen LogP contribution in [0.3, 0.4) is 0 Å². The van der Waals surface area contributed by atoms with Gasteiger partial charge in [-0.1, -0.05) is 6.07 Å². The second-order valence-electron chi connectivity index (χ2n) is 5.75. The van der Waals surface area contributed by atoms with Crippen LogP contribution in [0.5, 0.6) is 5.75 Å². The summed E-state index contributed by atoms with van der Waals surface area (Å²) in [4.78, 5) is 39.5. The Labute approximate surface area is 149 Å². The lowest BCUT2D eigenvalue weighted by atomic mass is 10.1. The highest BCUT2D eigenvalue weighted by atomic mass is 16.5. The molecule has 0 unspecified atom stereocenters. The Morgan fingerprint density at radius 1 is 1.15 bits per heavy atom. The Morgan fingerprint density at radius 2 is 1.96 bits per heavy atom. The molecule has 0 aliphatic rings. The molecule has 0 saturated heterocycles. The monoisotopic (exact) mass is 351 g/mol. The molecular formula is C19H17N3O4. The Balaban J connectivity index is 1.91. The average Bonchev–Trinajstić information content (AvgIpc) is 2.60. The summed E-state index contributed by atoms with van der Waals surface area (Å²) in [5.74, 6) is -0.0400. The predicted octanol–water partition coefficient (Wildman–Crippen LogP) is 2.43. The molecule has 2 heterocycles. The molecule has 1 N–H and O–H groups in total. The van der Waals surface area contributed by atoms with Crippen LogP contribution >= 0.6 is 0 Å². The van der Waals surface area contributed by atoms with E-state index in [9.17, 15) is 14.4 Å². The lowest BCUT2D eigenvalue weighted by molar-refractivity contribution is -0.114. The number of hydrogen-bond donors (Lipinski definition) is 1. The molecule has 0 radical (unpaired) electrons. The third-order valence-electron chi connectivity index (χ3n) is 3.70. The first-order chi connectivity index (χ1) is 12.4. The maximum atomic E-state index is 12.1. The van der Waals surface area contributed by atoms with Crippen molar-refractivity contribution < 1.29 is 14.3 Å². The SMILES string of the molecule is CC(=O)Nc1ccc(C(C)=O)cc1OCc1cc(=O)n2ccccc2n1. The van der Waals surface area contributed by atoms with Crippen molar-refractivity contribution in [3.63, 3.8) is 0 Å². The first kappa shape index (κ1) is 17.3. The number of nitrogens with one attached hydrogen (secondary N) is 1. The van der Waals surface area contributed by atoms with Gasteiger partial charge in [0, 0.05) is 24.8 Å². The Bertz CT molecular complexity index is 1060. The molecule has 2 aromatic heterocycles. The van der Waals surface area contributed by atoms with Crippen molar-refractivity contribution in [2.75, 3.05) is 5.32 Å². The van der Waals surface area contributed by atoms with Gasteiger partial charge in [-0.2, -0.15) is 0 Å². The van der Waals surface area contributed by atoms with Crippen LogP contribution < -0.4 is 15.6 Å². The fraction of sp³-hybridized carbons (Fsp3) is 0.158. The molecule has 0 saturated carbocycles. The first-order valence-electron chi connectivity index (χ1n) is 7.97. The van der Waals surface area contributed by atoms with Gasteiger partial charge in [0.2, 0.25) is 5.91 Å². The summed E-state index contributed by atoms with van der Waals surface area (Å²) in [5, 5.41) is 2.66. The fourth-order valence-corrected chi connectivity index (χ4v) is 2.48. The van der Waals surface area contributed by atoms with Crippen LogP contribution in [0.2, 0.25) is 0 Å². The summed E-state index contributed by atoms with van der Waals surface area (Å²) >= 11 is 0. The van der Waals surface area contributed by atoms with Gasteiger partial charge in [0.1, 0.15) is 18.0 Å². The molecular weight excluding hydrogens is 334 g/mol. The van der Waals surface area contributed by atoms with Crippen molar-refractivity contribution in [3.05, 3.63) is 70.3 Å². The van der Waals surface area contributed by atoms with Crippen LogP contribution in [0.25, 0.3) is 5.65 Å². The number of aromatic nitrogens is 2. The number of fused-ring (bicyclic) bond motifs is 1. The molecule has 1 amide bonds. The number of hydrogen-bond acceptors (Lipinski definition) is 5. The standard InChI is InChI=1S/C19H17N3O4/c1-12(23)14-6-7-16(20-13(2)24)17(9-14)26-11-15-10-19(25)22-8-4-3-5-18(22)21-15/h3-10H,11H2,1-2H3,(H,20,24). The molecule has 1 aromatic carbocycles. The van der Waals surface area contributed by atoms with E-state index < -0.39 is 0 Å². The fourth-order valence-electron chi connectivity index (χ4n) is 2.48. The first-order valence-corrected chi connectivity index (χ1v) is 7.97. The highest BCUT2D eigenvalue weighted by Gasteiger charge is 2.11. The van der Waals surface area contributed by atoms with Crippen LogP contribution in [0.15, 0.2) is 53.5 Å². The van der Waals surface area contributed by atoms with Crippen molar-refractivity contribution in [2.24, 2.45) is 0 Å². The number of amides is 1. The van der Waals surface area contributed by atoms with Crippen molar-refractivity contribution in [3.8, 4) is 5.75 Å². The van der Waals surface area contributed by atoms with E-state index in [-0.39, 0.29) is 23.9 Å². The molecule has 0 atom stereocenters. The highest BCUT2D eigenvalue weighted by Crippen LogP contribution is 2.27. The maximum absolute atomic E-state index is 12.1. The summed E-state index contributed by atoms with van der Waals surface area (Å²) in [6.07, 6.45) is 1.64. The largest absolute Gasteiger partial charge is 0.485 e. The van der Waals surface area contributed by atoms with E-state index in [4.69, 9.17) is 4.74 Å². The molecule has 0 aliphatic heterocycles. The third kappa shape index (κ3) is 3.77. The second kappa shape index (κ2) is 7.18. The highest BCUT2D eigenvalue weighted by molar-refractivity contribution is 5.96. The molecule has 26 heavy (non-hydrogen) atoms. The number of ketones is 1. The molecule has 7 nitrogen and oxygen atoms in total. The second-order valence-corrected chi connectivity index (χ2v) is 5.75. The molecule has 3 rings (SSSR count). The van der Waals surface area contributed by atoms with Crippen molar-refractivity contribution in [1.82, 2.24) is 9.38 Å². The minimum atomic E-state index is -0.257. The van der Waals surface area contributed by atoms with Gasteiger partial charge in [0.25, 0.3) is 5.56 Å². The molecule has 3 aromatic rings. The molecule has 0 bridgehead atoms. The normalized spacial score (nSPS) is 10.5. The third-order valence-corrected chi connectivity index (χ3v) is 3.70. The lowest BCUT2D eigenvalue weighted by Gasteiger charge is -2.13. The number of anilines is 1. The van der Waals surface area contributed by atoms with Gasteiger partial charge in [0.15, 0.2) is 5.78 Å². The van der Waals surface area contributed by atoms with E-state index >= 15 is 0 Å². The van der Waals surface area contributed by atoms with Crippen molar-refractivity contribution >= 4 is 23.0 Å². The molecule has 0 fully saturated rings. The van der Waals surface area contributed by atoms with Crippen molar-refractivity contribution in [1.29, 1.82) is 0 Å². The average molecular weight is 351 g/mol. The van der Waals surface area contributed by atoms with E-state index in [1.165, 1.54) is 24.3 Å². The van der Waals surface area contributed by atoms with Crippen LogP contribution in [-0.4, -0.2) is 21.1 Å². The molecule has 0 aliphatic carbocycles. The minimum absolute atomic E-state index is 0.0224. The summed E-state index contributed by atoms with van der Waals surface area (Å²) in [6, 6.07) is 11.4. The number of nitrogens with zero attached hydrogens (tertiary/aromatic N) is 2. The zero-order valence-electron chi connectivity index (χ0n) is 14.4. The van der Waals surface area contributed by atoms with Gasteiger partial charge < -0.3 is 10.1 Å². The van der Waals surface area contributed by atoms with E-state index in [0.717, 1.165) is 0 Å². The smallest absolute Gasteiger partial charge is 0.258 e. The van der Waals surface area contributed by atoms with Gasteiger partial charge in [-0.3, -0.25) is 18.8 Å². The van der Waals surface area contributed by atoms with E-state index in [2.05, 4.69) is 10.3 Å². The number of carbonyl (C=O) groups is 2. The Morgan fingerprint density at radius 3 is 2.69 bits per heavy atom. The number of carbonyl (C=O) groups excluding carboxylic acids is 2. The quantitative estimate of drug-likeness (QED) is 0.713. The van der Waals surface area contributed by atoms with E-state index in [1.54, 1.807) is 42.6 Å². The van der Waals surface area contributed by atoms with Crippen LogP contribution in [0, 0.1) is 0 Å². The van der Waals surface area contributed by atoms with Gasteiger partial charge in [-0.15, -0.1) is 0 Å². The zero-order valence-corrected chi connectivity index (χ0v) is 14.4. The summed E-state index contributed by atoms with van der Waals surface area (Å²) in [7, 11) is 0. The van der Waals surface area contributed by atoms with Gasteiger partial charge in [0.05, 0.1) is 11.4 Å². The summed E-state index contributed by atoms with van der Waals surface area (Å²) in [5.41, 5.74) is 1.65. The predicted molar refractivity (Wildman–Crippen MR) is 96.5 cm³/mol. The number of benzene rings is 1. The molecule has 0 spiro atoms.